The molecule has 4 nitrogen and oxygen atoms in total. The summed E-state index contributed by atoms with van der Waals surface area (Å²) in [5.74, 6) is -0.163. The lowest BCUT2D eigenvalue weighted by Gasteiger charge is -1.98. The molecule has 0 fully saturated rings. The fourth-order valence-corrected chi connectivity index (χ4v) is 3.54. The van der Waals surface area contributed by atoms with Gasteiger partial charge >= 0.3 is 0 Å². The van der Waals surface area contributed by atoms with Gasteiger partial charge in [0.2, 0.25) is 5.13 Å². The van der Waals surface area contributed by atoms with E-state index in [0.717, 1.165) is 21.9 Å². The van der Waals surface area contributed by atoms with Crippen molar-refractivity contribution in [2.45, 2.75) is 13.3 Å². The fraction of sp³-hybridized carbons (Fsp3) is 0.133. The summed E-state index contributed by atoms with van der Waals surface area (Å²) in [6.45, 7) is 2.00. The van der Waals surface area contributed by atoms with Crippen LogP contribution in [-0.2, 0) is 6.42 Å². The maximum atomic E-state index is 12.2. The number of nitrogens with zero attached hydrogens (tertiary/aromatic N) is 2. The fourth-order valence-electron chi connectivity index (χ4n) is 1.83. The second kappa shape index (κ2) is 6.56. The van der Waals surface area contributed by atoms with Gasteiger partial charge in [0, 0.05) is 9.90 Å². The van der Waals surface area contributed by atoms with Crippen LogP contribution in [0.1, 0.15) is 21.6 Å². The zero-order valence-corrected chi connectivity index (χ0v) is 14.1. The minimum atomic E-state index is -0.163. The summed E-state index contributed by atoms with van der Waals surface area (Å²) in [5.41, 5.74) is 1.04. The molecule has 0 aliphatic rings. The molecule has 0 saturated carbocycles. The molecule has 22 heavy (non-hydrogen) atoms. The van der Waals surface area contributed by atoms with Gasteiger partial charge in [-0.05, 0) is 36.2 Å². The molecule has 1 N–H and O–H groups in total. The second-order valence-corrected chi connectivity index (χ2v) is 7.06. The van der Waals surface area contributed by atoms with Gasteiger partial charge in [-0.15, -0.1) is 21.5 Å². The Labute approximate surface area is 140 Å². The smallest absolute Gasteiger partial charge is 0.267 e. The molecule has 0 radical (unpaired) electrons. The zero-order chi connectivity index (χ0) is 15.5. The molecule has 2 heterocycles. The van der Waals surface area contributed by atoms with Crippen molar-refractivity contribution in [3.05, 3.63) is 51.3 Å². The topological polar surface area (TPSA) is 54.9 Å². The number of nitrogens with one attached hydrogen (secondary N) is 1. The number of halogens is 1. The van der Waals surface area contributed by atoms with Crippen LogP contribution in [0.5, 0.6) is 0 Å². The largest absolute Gasteiger partial charge is 0.296 e. The molecule has 0 spiro atoms. The van der Waals surface area contributed by atoms with Gasteiger partial charge in [0.15, 0.2) is 0 Å². The second-order valence-electron chi connectivity index (χ2n) is 4.48. The number of hydrogen-bond donors (Lipinski definition) is 1. The van der Waals surface area contributed by atoms with Crippen LogP contribution in [0, 0.1) is 0 Å². The van der Waals surface area contributed by atoms with E-state index in [2.05, 4.69) is 15.5 Å². The number of benzene rings is 1. The third kappa shape index (κ3) is 3.35. The summed E-state index contributed by atoms with van der Waals surface area (Å²) in [7, 11) is 0. The van der Waals surface area contributed by atoms with Gasteiger partial charge in [-0.1, -0.05) is 42.0 Å². The Morgan fingerprint density at radius 1 is 1.14 bits per heavy atom. The summed E-state index contributed by atoms with van der Waals surface area (Å²) >= 11 is 8.72. The van der Waals surface area contributed by atoms with Crippen LogP contribution in [0.2, 0.25) is 5.02 Å². The molecule has 3 rings (SSSR count). The zero-order valence-electron chi connectivity index (χ0n) is 11.7. The maximum Gasteiger partial charge on any atom is 0.267 e. The molecule has 0 aliphatic carbocycles. The first kappa shape index (κ1) is 15.1. The van der Waals surface area contributed by atoms with Crippen molar-refractivity contribution >= 4 is 45.3 Å². The summed E-state index contributed by atoms with van der Waals surface area (Å²) in [6, 6.07) is 11.3. The van der Waals surface area contributed by atoms with Crippen LogP contribution in [0.3, 0.4) is 0 Å². The Kier molecular flexibility index (Phi) is 4.52. The van der Waals surface area contributed by atoms with E-state index in [9.17, 15) is 4.79 Å². The number of aromatic nitrogens is 2. The number of thiophene rings is 1. The minimum absolute atomic E-state index is 0.163. The van der Waals surface area contributed by atoms with Gasteiger partial charge in [-0.25, -0.2) is 0 Å². The van der Waals surface area contributed by atoms with E-state index in [1.807, 2.05) is 43.3 Å². The molecule has 0 unspecified atom stereocenters. The van der Waals surface area contributed by atoms with Crippen LogP contribution in [0.25, 0.3) is 10.4 Å². The molecule has 3 aromatic rings. The van der Waals surface area contributed by atoms with Crippen molar-refractivity contribution in [3.8, 4) is 10.4 Å². The van der Waals surface area contributed by atoms with Gasteiger partial charge in [0.1, 0.15) is 5.01 Å². The number of carbonyl (C=O) groups excluding carboxylic acids is 1. The summed E-state index contributed by atoms with van der Waals surface area (Å²) < 4.78 is 0. The SMILES string of the molecule is CCc1nnc(NC(=O)c2ccc(-c3ccc(Cl)cc3)s2)s1. The number of anilines is 1. The summed E-state index contributed by atoms with van der Waals surface area (Å²) in [5, 5.41) is 12.9. The highest BCUT2D eigenvalue weighted by molar-refractivity contribution is 7.18. The maximum absolute atomic E-state index is 12.2. The van der Waals surface area contributed by atoms with E-state index in [1.54, 1.807) is 0 Å². The first-order valence-electron chi connectivity index (χ1n) is 6.65. The molecule has 1 amide bonds. The third-order valence-corrected chi connectivity index (χ3v) is 5.32. The first-order chi connectivity index (χ1) is 10.7. The third-order valence-electron chi connectivity index (χ3n) is 2.95. The molecule has 1 aromatic carbocycles. The highest BCUT2D eigenvalue weighted by Crippen LogP contribution is 2.29. The van der Waals surface area contributed by atoms with Crippen LogP contribution >= 0.6 is 34.3 Å². The monoisotopic (exact) mass is 349 g/mol. The van der Waals surface area contributed by atoms with Crippen molar-refractivity contribution in [1.29, 1.82) is 0 Å². The van der Waals surface area contributed by atoms with Crippen molar-refractivity contribution in [2.75, 3.05) is 5.32 Å². The molecular formula is C15H12ClN3OS2. The normalized spacial score (nSPS) is 10.6. The summed E-state index contributed by atoms with van der Waals surface area (Å²) in [4.78, 5) is 13.9. The minimum Gasteiger partial charge on any atom is -0.296 e. The van der Waals surface area contributed by atoms with E-state index in [-0.39, 0.29) is 5.91 Å². The average Bonchev–Trinajstić information content (AvgIpc) is 3.17. The average molecular weight is 350 g/mol. The first-order valence-corrected chi connectivity index (χ1v) is 8.66. The Morgan fingerprint density at radius 3 is 2.59 bits per heavy atom. The number of carbonyl (C=O) groups is 1. The van der Waals surface area contributed by atoms with Gasteiger partial charge < -0.3 is 0 Å². The van der Waals surface area contributed by atoms with Gasteiger partial charge in [0.05, 0.1) is 4.88 Å². The van der Waals surface area contributed by atoms with E-state index in [4.69, 9.17) is 11.6 Å². The van der Waals surface area contributed by atoms with Crippen molar-refractivity contribution < 1.29 is 4.79 Å². The molecule has 112 valence electrons. The lowest BCUT2D eigenvalue weighted by Crippen LogP contribution is -2.09. The highest BCUT2D eigenvalue weighted by atomic mass is 35.5. The van der Waals surface area contributed by atoms with Crippen LogP contribution in [-0.4, -0.2) is 16.1 Å². The Bertz CT molecular complexity index is 795. The van der Waals surface area contributed by atoms with Gasteiger partial charge in [0.25, 0.3) is 5.91 Å². The number of rotatable bonds is 4. The number of hydrogen-bond acceptors (Lipinski definition) is 5. The van der Waals surface area contributed by atoms with Crippen molar-refractivity contribution in [3.63, 3.8) is 0 Å². The highest BCUT2D eigenvalue weighted by Gasteiger charge is 2.13. The molecule has 7 heteroatoms. The molecule has 0 atom stereocenters. The van der Waals surface area contributed by atoms with Gasteiger partial charge in [-0.3, -0.25) is 10.1 Å². The van der Waals surface area contributed by atoms with E-state index in [1.165, 1.54) is 22.7 Å². The standard InChI is InChI=1S/C15H12ClN3OS2/c1-2-13-18-19-15(22-13)17-14(20)12-8-7-11(21-12)9-3-5-10(16)6-4-9/h3-8H,2H2,1H3,(H,17,19,20). The van der Waals surface area contributed by atoms with E-state index < -0.39 is 0 Å². The van der Waals surface area contributed by atoms with Crippen LogP contribution in [0.15, 0.2) is 36.4 Å². The molecule has 0 aliphatic heterocycles. The van der Waals surface area contributed by atoms with E-state index in [0.29, 0.717) is 15.0 Å². The quantitative estimate of drug-likeness (QED) is 0.740. The van der Waals surface area contributed by atoms with Crippen LogP contribution in [0.4, 0.5) is 5.13 Å². The Balaban J connectivity index is 1.75. The van der Waals surface area contributed by atoms with Crippen LogP contribution < -0.4 is 5.32 Å². The van der Waals surface area contributed by atoms with Crippen molar-refractivity contribution in [1.82, 2.24) is 10.2 Å². The predicted octanol–water partition coefficient (Wildman–Crippen LogP) is 4.73. The van der Waals surface area contributed by atoms with Crippen molar-refractivity contribution in [2.24, 2.45) is 0 Å². The number of amides is 1. The van der Waals surface area contributed by atoms with Gasteiger partial charge in [-0.2, -0.15) is 0 Å². The summed E-state index contributed by atoms with van der Waals surface area (Å²) in [6.07, 6.45) is 0.813. The molecule has 0 bridgehead atoms. The molecule has 0 saturated heterocycles. The lowest BCUT2D eigenvalue weighted by molar-refractivity contribution is 0.103. The number of aryl methyl sites for hydroxylation is 1. The molecular weight excluding hydrogens is 338 g/mol. The van der Waals surface area contributed by atoms with E-state index >= 15 is 0 Å². The molecule has 2 aromatic heterocycles. The predicted molar refractivity (Wildman–Crippen MR) is 92.0 cm³/mol. The lowest BCUT2D eigenvalue weighted by atomic mass is 10.2. The Morgan fingerprint density at radius 2 is 1.91 bits per heavy atom. The Hall–Kier alpha value is -1.76.